The third kappa shape index (κ3) is 5.49. The first-order valence-electron chi connectivity index (χ1n) is 5.74. The fourth-order valence-electron chi connectivity index (χ4n) is 1.68. The van der Waals surface area contributed by atoms with E-state index in [0.29, 0.717) is 0 Å². The van der Waals surface area contributed by atoms with E-state index in [1.54, 1.807) is 6.92 Å². The fraction of sp³-hybridized carbons (Fsp3) is 0.667. The zero-order chi connectivity index (χ0) is 13.1. The van der Waals surface area contributed by atoms with Crippen LogP contribution in [-0.2, 0) is 4.79 Å². The van der Waals surface area contributed by atoms with E-state index in [2.05, 4.69) is 31.1 Å². The van der Waals surface area contributed by atoms with Crippen LogP contribution in [-0.4, -0.2) is 16.9 Å². The summed E-state index contributed by atoms with van der Waals surface area (Å²) in [6.07, 6.45) is 2.56. The molecule has 1 heterocycles. The van der Waals surface area contributed by atoms with Crippen molar-refractivity contribution in [1.29, 1.82) is 0 Å². The number of hydrogen-bond donors (Lipinski definition) is 2. The largest absolute Gasteiger partial charge is 0.432 e. The average Bonchev–Trinajstić information content (AvgIpc) is 2.46. The van der Waals surface area contributed by atoms with E-state index in [0.717, 1.165) is 12.1 Å². The molecule has 0 spiro atoms. The molecule has 0 saturated carbocycles. The van der Waals surface area contributed by atoms with Crippen molar-refractivity contribution in [2.24, 2.45) is 11.1 Å². The topological polar surface area (TPSA) is 81.2 Å². The summed E-state index contributed by atoms with van der Waals surface area (Å²) in [6.45, 7) is 8.09. The van der Waals surface area contributed by atoms with Crippen molar-refractivity contribution in [3.63, 3.8) is 0 Å². The van der Waals surface area contributed by atoms with Crippen molar-refractivity contribution in [2.45, 2.75) is 46.6 Å². The molecule has 96 valence electrons. The lowest BCUT2D eigenvalue weighted by Crippen LogP contribution is -2.31. The molecular formula is C12H21N3O2. The normalized spacial score (nSPS) is 13.5. The number of aryl methyl sites for hydroxylation is 1. The Morgan fingerprint density at radius 2 is 2.24 bits per heavy atom. The summed E-state index contributed by atoms with van der Waals surface area (Å²) in [6, 6.07) is 0.0847. The molecule has 1 atom stereocenters. The van der Waals surface area contributed by atoms with Crippen molar-refractivity contribution in [1.82, 2.24) is 4.98 Å². The van der Waals surface area contributed by atoms with Crippen LogP contribution in [0.15, 0.2) is 10.7 Å². The van der Waals surface area contributed by atoms with Crippen molar-refractivity contribution in [3.05, 3.63) is 12.0 Å². The van der Waals surface area contributed by atoms with Gasteiger partial charge in [0.25, 0.3) is 0 Å². The van der Waals surface area contributed by atoms with Crippen molar-refractivity contribution < 1.29 is 9.21 Å². The Morgan fingerprint density at radius 3 is 2.71 bits per heavy atom. The lowest BCUT2D eigenvalue weighted by Gasteiger charge is -2.22. The Balaban J connectivity index is 2.39. The first kappa shape index (κ1) is 13.7. The number of nitrogens with one attached hydrogen (secondary N) is 1. The predicted octanol–water partition coefficient (Wildman–Crippen LogP) is 2.08. The number of amides is 1. The smallest absolute Gasteiger partial charge is 0.301 e. The van der Waals surface area contributed by atoms with E-state index in [4.69, 9.17) is 10.2 Å². The van der Waals surface area contributed by atoms with Gasteiger partial charge in [0, 0.05) is 12.5 Å². The van der Waals surface area contributed by atoms with Gasteiger partial charge in [0.2, 0.25) is 5.91 Å². The lowest BCUT2D eigenvalue weighted by atomic mass is 9.87. The van der Waals surface area contributed by atoms with E-state index in [1.807, 2.05) is 0 Å². The van der Waals surface area contributed by atoms with Crippen molar-refractivity contribution >= 4 is 11.9 Å². The zero-order valence-electron chi connectivity index (χ0n) is 10.9. The number of nitrogens with two attached hydrogens (primary N) is 1. The molecule has 1 rings (SSSR count). The molecule has 0 fully saturated rings. The minimum atomic E-state index is -0.163. The van der Waals surface area contributed by atoms with Crippen LogP contribution in [0.3, 0.4) is 0 Å². The molecule has 0 bridgehead atoms. The highest BCUT2D eigenvalue weighted by atomic mass is 16.4. The van der Waals surface area contributed by atoms with Gasteiger partial charge in [-0.1, -0.05) is 20.8 Å². The molecular weight excluding hydrogens is 218 g/mol. The molecule has 1 aromatic heterocycles. The molecule has 1 amide bonds. The predicted molar refractivity (Wildman–Crippen MR) is 66.5 cm³/mol. The molecule has 0 aliphatic rings. The van der Waals surface area contributed by atoms with Crippen LogP contribution in [0, 0.1) is 12.3 Å². The van der Waals surface area contributed by atoms with Gasteiger partial charge in [-0.25, -0.2) is 0 Å². The number of carbonyl (C=O) groups excluding carboxylic acids is 1. The molecule has 17 heavy (non-hydrogen) atoms. The van der Waals surface area contributed by atoms with Gasteiger partial charge in [-0.15, -0.1) is 0 Å². The number of aromatic nitrogens is 1. The molecule has 0 aliphatic heterocycles. The van der Waals surface area contributed by atoms with E-state index in [9.17, 15) is 4.79 Å². The first-order valence-corrected chi connectivity index (χ1v) is 5.74. The molecule has 0 aliphatic carbocycles. The summed E-state index contributed by atoms with van der Waals surface area (Å²) >= 11 is 0. The molecule has 5 nitrogen and oxygen atoms in total. The minimum absolute atomic E-state index is 0.124. The molecule has 0 saturated heterocycles. The maximum atomic E-state index is 11.6. The van der Waals surface area contributed by atoms with Gasteiger partial charge >= 0.3 is 6.01 Å². The monoisotopic (exact) mass is 239 g/mol. The Kier molecular flexibility index (Phi) is 4.28. The van der Waals surface area contributed by atoms with Crippen LogP contribution in [0.5, 0.6) is 0 Å². The SMILES string of the molecule is Cc1coc(NC(=O)CC(N)CC(C)(C)C)n1. The number of nitrogens with zero attached hydrogens (tertiary/aromatic N) is 1. The summed E-state index contributed by atoms with van der Waals surface area (Å²) in [4.78, 5) is 15.6. The highest BCUT2D eigenvalue weighted by molar-refractivity contribution is 5.88. The average molecular weight is 239 g/mol. The lowest BCUT2D eigenvalue weighted by molar-refractivity contribution is -0.116. The summed E-state index contributed by atoms with van der Waals surface area (Å²) in [5.41, 5.74) is 6.77. The first-order chi connectivity index (χ1) is 7.76. The second-order valence-corrected chi connectivity index (χ2v) is 5.57. The summed E-state index contributed by atoms with van der Waals surface area (Å²) in [7, 11) is 0. The quantitative estimate of drug-likeness (QED) is 0.842. The van der Waals surface area contributed by atoms with Crippen LogP contribution in [0.25, 0.3) is 0 Å². The summed E-state index contributed by atoms with van der Waals surface area (Å²) in [5.74, 6) is -0.163. The Bertz CT molecular complexity index is 379. The van der Waals surface area contributed by atoms with Crippen molar-refractivity contribution in [2.75, 3.05) is 5.32 Å². The fourth-order valence-corrected chi connectivity index (χ4v) is 1.68. The Morgan fingerprint density at radius 1 is 1.59 bits per heavy atom. The van der Waals surface area contributed by atoms with Crippen LogP contribution in [0.2, 0.25) is 0 Å². The number of anilines is 1. The maximum absolute atomic E-state index is 11.6. The minimum Gasteiger partial charge on any atom is -0.432 e. The third-order valence-corrected chi connectivity index (χ3v) is 2.19. The second-order valence-electron chi connectivity index (χ2n) is 5.57. The van der Waals surface area contributed by atoms with Gasteiger partial charge in [0.05, 0.1) is 5.69 Å². The van der Waals surface area contributed by atoms with Crippen LogP contribution in [0.4, 0.5) is 6.01 Å². The molecule has 5 heteroatoms. The molecule has 0 radical (unpaired) electrons. The van der Waals surface area contributed by atoms with Gasteiger partial charge in [-0.3, -0.25) is 10.1 Å². The van der Waals surface area contributed by atoms with Gasteiger partial charge < -0.3 is 10.2 Å². The number of hydrogen-bond acceptors (Lipinski definition) is 4. The van der Waals surface area contributed by atoms with Crippen LogP contribution in [0.1, 0.15) is 39.3 Å². The number of oxazole rings is 1. The van der Waals surface area contributed by atoms with E-state index in [1.165, 1.54) is 6.26 Å². The van der Waals surface area contributed by atoms with E-state index in [-0.39, 0.29) is 29.8 Å². The van der Waals surface area contributed by atoms with Gasteiger partial charge in [-0.2, -0.15) is 4.98 Å². The summed E-state index contributed by atoms with van der Waals surface area (Å²) in [5, 5.41) is 2.58. The van der Waals surface area contributed by atoms with E-state index >= 15 is 0 Å². The molecule has 3 N–H and O–H groups in total. The Hall–Kier alpha value is -1.36. The van der Waals surface area contributed by atoms with Gasteiger partial charge in [0.15, 0.2) is 0 Å². The maximum Gasteiger partial charge on any atom is 0.301 e. The highest BCUT2D eigenvalue weighted by Crippen LogP contribution is 2.21. The highest BCUT2D eigenvalue weighted by Gasteiger charge is 2.18. The molecule has 1 aromatic rings. The van der Waals surface area contributed by atoms with Crippen LogP contribution >= 0.6 is 0 Å². The van der Waals surface area contributed by atoms with Gasteiger partial charge in [0.1, 0.15) is 6.26 Å². The van der Waals surface area contributed by atoms with E-state index < -0.39 is 0 Å². The summed E-state index contributed by atoms with van der Waals surface area (Å²) < 4.78 is 5.03. The number of rotatable bonds is 4. The van der Waals surface area contributed by atoms with Crippen molar-refractivity contribution in [3.8, 4) is 0 Å². The zero-order valence-corrected chi connectivity index (χ0v) is 10.9. The Labute approximate surface area is 102 Å². The number of carbonyl (C=O) groups is 1. The molecule has 1 unspecified atom stereocenters. The third-order valence-electron chi connectivity index (χ3n) is 2.19. The standard InChI is InChI=1S/C12H21N3O2/c1-8-7-17-11(14-8)15-10(16)5-9(13)6-12(2,3)4/h7,9H,5-6,13H2,1-4H3,(H,14,15,16). The van der Waals surface area contributed by atoms with Crippen LogP contribution < -0.4 is 11.1 Å². The second kappa shape index (κ2) is 5.31. The van der Waals surface area contributed by atoms with Gasteiger partial charge in [-0.05, 0) is 18.8 Å². The molecule has 0 aromatic carbocycles.